The summed E-state index contributed by atoms with van der Waals surface area (Å²) in [6, 6.07) is 9.47. The van der Waals surface area contributed by atoms with Crippen LogP contribution in [-0.2, 0) is 6.42 Å². The van der Waals surface area contributed by atoms with E-state index in [9.17, 15) is 13.9 Å². The molecule has 19 heavy (non-hydrogen) atoms. The van der Waals surface area contributed by atoms with E-state index in [0.717, 1.165) is 0 Å². The Balaban J connectivity index is 2.28. The fourth-order valence-corrected chi connectivity index (χ4v) is 2.38. The van der Waals surface area contributed by atoms with Gasteiger partial charge in [0.15, 0.2) is 0 Å². The van der Waals surface area contributed by atoms with Crippen molar-refractivity contribution < 1.29 is 13.9 Å². The maximum Gasteiger partial charge on any atom is 0.137 e. The molecule has 1 atom stereocenters. The van der Waals surface area contributed by atoms with Crippen LogP contribution in [0.5, 0.6) is 0 Å². The maximum absolute atomic E-state index is 13.9. The van der Waals surface area contributed by atoms with Crippen molar-refractivity contribution in [2.45, 2.75) is 19.4 Å². The molecule has 1 unspecified atom stereocenters. The van der Waals surface area contributed by atoms with Crippen LogP contribution in [0.15, 0.2) is 40.9 Å². The van der Waals surface area contributed by atoms with Gasteiger partial charge in [-0.1, -0.05) is 30.3 Å². The Kier molecular flexibility index (Phi) is 4.32. The zero-order valence-electron chi connectivity index (χ0n) is 10.3. The van der Waals surface area contributed by atoms with E-state index in [1.54, 1.807) is 37.3 Å². The molecule has 0 fully saturated rings. The molecule has 2 aromatic rings. The van der Waals surface area contributed by atoms with Gasteiger partial charge in [-0.3, -0.25) is 0 Å². The molecule has 0 radical (unpaired) electrons. The minimum atomic E-state index is -1.00. The third-order valence-corrected chi connectivity index (χ3v) is 3.91. The summed E-state index contributed by atoms with van der Waals surface area (Å²) >= 11 is 3.13. The lowest BCUT2D eigenvalue weighted by Crippen LogP contribution is -2.06. The van der Waals surface area contributed by atoms with E-state index in [2.05, 4.69) is 15.9 Å². The molecule has 100 valence electrons. The molecule has 4 heteroatoms. The van der Waals surface area contributed by atoms with Gasteiger partial charge in [0, 0.05) is 12.0 Å². The molecule has 2 aromatic carbocycles. The lowest BCUT2D eigenvalue weighted by atomic mass is 9.99. The fraction of sp³-hybridized carbons (Fsp3) is 0.200. The molecular formula is C15H13BrF2O. The Hall–Kier alpha value is -1.26. The average Bonchev–Trinajstić information content (AvgIpc) is 2.38. The second-order valence-electron chi connectivity index (χ2n) is 4.41. The van der Waals surface area contributed by atoms with Gasteiger partial charge in [-0.25, -0.2) is 8.78 Å². The number of aryl methyl sites for hydroxylation is 1. The largest absolute Gasteiger partial charge is 0.388 e. The molecule has 2 rings (SSSR count). The van der Waals surface area contributed by atoms with E-state index < -0.39 is 17.7 Å². The van der Waals surface area contributed by atoms with Crippen molar-refractivity contribution in [1.29, 1.82) is 0 Å². The quantitative estimate of drug-likeness (QED) is 0.891. The SMILES string of the molecule is Cc1cccc(C(O)Cc2cccc(F)c2Br)c1F. The lowest BCUT2D eigenvalue weighted by molar-refractivity contribution is 0.173. The average molecular weight is 327 g/mol. The van der Waals surface area contributed by atoms with Crippen LogP contribution in [0.1, 0.15) is 22.8 Å². The van der Waals surface area contributed by atoms with Gasteiger partial charge in [0.2, 0.25) is 0 Å². The van der Waals surface area contributed by atoms with Gasteiger partial charge in [0.25, 0.3) is 0 Å². The second-order valence-corrected chi connectivity index (χ2v) is 5.20. The normalized spacial score (nSPS) is 12.5. The minimum Gasteiger partial charge on any atom is -0.388 e. The van der Waals surface area contributed by atoms with E-state index >= 15 is 0 Å². The third kappa shape index (κ3) is 3.01. The topological polar surface area (TPSA) is 20.2 Å². The molecule has 1 N–H and O–H groups in total. The van der Waals surface area contributed by atoms with Crippen LogP contribution in [0.2, 0.25) is 0 Å². The third-order valence-electron chi connectivity index (χ3n) is 3.03. The summed E-state index contributed by atoms with van der Waals surface area (Å²) in [6.45, 7) is 1.64. The van der Waals surface area contributed by atoms with Crippen molar-refractivity contribution in [3.8, 4) is 0 Å². The van der Waals surface area contributed by atoms with Crippen molar-refractivity contribution in [1.82, 2.24) is 0 Å². The van der Waals surface area contributed by atoms with Crippen LogP contribution in [-0.4, -0.2) is 5.11 Å². The summed E-state index contributed by atoms with van der Waals surface area (Å²) in [4.78, 5) is 0. The summed E-state index contributed by atoms with van der Waals surface area (Å²) < 4.78 is 27.6. The van der Waals surface area contributed by atoms with Crippen LogP contribution < -0.4 is 0 Å². The van der Waals surface area contributed by atoms with Crippen molar-refractivity contribution in [3.63, 3.8) is 0 Å². The van der Waals surface area contributed by atoms with Gasteiger partial charge in [0.05, 0.1) is 10.6 Å². The van der Waals surface area contributed by atoms with Crippen LogP contribution >= 0.6 is 15.9 Å². The number of benzene rings is 2. The van der Waals surface area contributed by atoms with Crippen LogP contribution in [0, 0.1) is 18.6 Å². The van der Waals surface area contributed by atoms with Crippen molar-refractivity contribution in [2.24, 2.45) is 0 Å². The van der Waals surface area contributed by atoms with E-state index in [4.69, 9.17) is 0 Å². The first-order valence-corrected chi connectivity index (χ1v) is 6.66. The highest BCUT2D eigenvalue weighted by Crippen LogP contribution is 2.27. The molecule has 0 aliphatic carbocycles. The molecular weight excluding hydrogens is 314 g/mol. The monoisotopic (exact) mass is 326 g/mol. The second kappa shape index (κ2) is 5.80. The summed E-state index contributed by atoms with van der Waals surface area (Å²) in [5.41, 5.74) is 1.32. The van der Waals surface area contributed by atoms with E-state index in [1.807, 2.05) is 0 Å². The van der Waals surface area contributed by atoms with E-state index in [1.165, 1.54) is 6.07 Å². The molecule has 0 amide bonds. The fourth-order valence-electron chi connectivity index (χ4n) is 1.95. The first-order valence-electron chi connectivity index (χ1n) is 5.86. The number of halogens is 3. The van der Waals surface area contributed by atoms with Crippen LogP contribution in [0.4, 0.5) is 8.78 Å². The molecule has 0 bridgehead atoms. The molecule has 0 saturated carbocycles. The Bertz CT molecular complexity index is 599. The predicted octanol–water partition coefficient (Wildman–Crippen LogP) is 4.31. The van der Waals surface area contributed by atoms with Gasteiger partial charge in [-0.15, -0.1) is 0 Å². The number of hydrogen-bond acceptors (Lipinski definition) is 1. The number of aliphatic hydroxyl groups excluding tert-OH is 1. The Morgan fingerprint density at radius 1 is 1.16 bits per heavy atom. The molecule has 0 aliphatic rings. The van der Waals surface area contributed by atoms with E-state index in [-0.39, 0.29) is 12.0 Å². The zero-order valence-corrected chi connectivity index (χ0v) is 11.9. The highest BCUT2D eigenvalue weighted by molar-refractivity contribution is 9.10. The zero-order chi connectivity index (χ0) is 14.0. The van der Waals surface area contributed by atoms with Crippen LogP contribution in [0.25, 0.3) is 0 Å². The van der Waals surface area contributed by atoms with Crippen LogP contribution in [0.3, 0.4) is 0 Å². The lowest BCUT2D eigenvalue weighted by Gasteiger charge is -2.14. The highest BCUT2D eigenvalue weighted by Gasteiger charge is 2.16. The maximum atomic E-state index is 13.9. The number of rotatable bonds is 3. The summed E-state index contributed by atoms with van der Waals surface area (Å²) in [5, 5.41) is 10.1. The Labute approximate surface area is 119 Å². The summed E-state index contributed by atoms with van der Waals surface area (Å²) in [7, 11) is 0. The molecule has 0 aliphatic heterocycles. The summed E-state index contributed by atoms with van der Waals surface area (Å²) in [6.07, 6.45) is -0.850. The first kappa shape index (κ1) is 14.2. The van der Waals surface area contributed by atoms with Gasteiger partial charge in [-0.05, 0) is 40.0 Å². The molecule has 1 nitrogen and oxygen atoms in total. The molecule has 0 aromatic heterocycles. The summed E-state index contributed by atoms with van der Waals surface area (Å²) in [5.74, 6) is -0.808. The van der Waals surface area contributed by atoms with Gasteiger partial charge < -0.3 is 5.11 Å². The number of hydrogen-bond donors (Lipinski definition) is 1. The standard InChI is InChI=1S/C15H13BrF2O/c1-9-4-2-6-11(15(9)18)13(19)8-10-5-3-7-12(17)14(10)16/h2-7,13,19H,8H2,1H3. The van der Waals surface area contributed by atoms with Crippen molar-refractivity contribution >= 4 is 15.9 Å². The number of aliphatic hydroxyl groups is 1. The molecule has 0 saturated heterocycles. The van der Waals surface area contributed by atoms with Crippen molar-refractivity contribution in [2.75, 3.05) is 0 Å². The van der Waals surface area contributed by atoms with E-state index in [0.29, 0.717) is 15.6 Å². The molecule has 0 spiro atoms. The van der Waals surface area contributed by atoms with Crippen molar-refractivity contribution in [3.05, 3.63) is 69.2 Å². The minimum absolute atomic E-state index is 0.152. The van der Waals surface area contributed by atoms with Gasteiger partial charge in [-0.2, -0.15) is 0 Å². The smallest absolute Gasteiger partial charge is 0.137 e. The van der Waals surface area contributed by atoms with Gasteiger partial charge in [0.1, 0.15) is 11.6 Å². The predicted molar refractivity (Wildman–Crippen MR) is 73.9 cm³/mol. The first-order chi connectivity index (χ1) is 9.00. The Morgan fingerprint density at radius 3 is 2.58 bits per heavy atom. The van der Waals surface area contributed by atoms with Gasteiger partial charge >= 0.3 is 0 Å². The molecule has 0 heterocycles. The Morgan fingerprint density at radius 2 is 1.84 bits per heavy atom. The highest BCUT2D eigenvalue weighted by atomic mass is 79.9.